The van der Waals surface area contributed by atoms with Crippen LogP contribution in [-0.2, 0) is 4.79 Å². The molecule has 0 radical (unpaired) electrons. The molecule has 1 aliphatic carbocycles. The van der Waals surface area contributed by atoms with Gasteiger partial charge in [0.2, 0.25) is 5.91 Å². The van der Waals surface area contributed by atoms with Gasteiger partial charge in [0.25, 0.3) is 0 Å². The van der Waals surface area contributed by atoms with Crippen molar-refractivity contribution in [2.45, 2.75) is 31.6 Å². The third kappa shape index (κ3) is 3.75. The summed E-state index contributed by atoms with van der Waals surface area (Å²) in [5, 5.41) is 4.00. The number of benzene rings is 1. The lowest BCUT2D eigenvalue weighted by atomic mass is 9.81. The molecular formula is C28H25N7O. The number of fused-ring (bicyclic) bond motifs is 2. The summed E-state index contributed by atoms with van der Waals surface area (Å²) in [7, 11) is 0. The average molecular weight is 476 g/mol. The van der Waals surface area contributed by atoms with Gasteiger partial charge in [0.05, 0.1) is 23.1 Å². The van der Waals surface area contributed by atoms with Crippen LogP contribution in [0.25, 0.3) is 27.8 Å². The minimum absolute atomic E-state index is 0.0326. The Hall–Kier alpha value is -4.64. The van der Waals surface area contributed by atoms with Crippen LogP contribution >= 0.6 is 0 Å². The minimum atomic E-state index is -0.0326. The maximum absolute atomic E-state index is 12.8. The number of hydrogen-bond donors (Lipinski definition) is 3. The molecule has 0 atom stereocenters. The average Bonchev–Trinajstić information content (AvgIpc) is 3.52. The van der Waals surface area contributed by atoms with Crippen LogP contribution in [0, 0.1) is 18.3 Å². The molecule has 0 spiro atoms. The molecule has 0 aliphatic heterocycles. The zero-order chi connectivity index (χ0) is 24.6. The second-order valence-electron chi connectivity index (χ2n) is 9.23. The molecule has 36 heavy (non-hydrogen) atoms. The molecule has 8 heteroatoms. The van der Waals surface area contributed by atoms with Gasteiger partial charge >= 0.3 is 0 Å². The largest absolute Gasteiger partial charge is 0.382 e. The van der Waals surface area contributed by atoms with E-state index in [2.05, 4.69) is 32.3 Å². The molecular weight excluding hydrogens is 450 g/mol. The highest BCUT2D eigenvalue weighted by atomic mass is 16.1. The van der Waals surface area contributed by atoms with Gasteiger partial charge in [0.15, 0.2) is 0 Å². The number of para-hydroxylation sites is 1. The van der Waals surface area contributed by atoms with E-state index in [1.807, 2.05) is 40.9 Å². The molecule has 0 unspecified atom stereocenters. The first-order valence-electron chi connectivity index (χ1n) is 12.0. The van der Waals surface area contributed by atoms with Gasteiger partial charge in [-0.25, -0.2) is 9.97 Å². The summed E-state index contributed by atoms with van der Waals surface area (Å²) in [6.45, 7) is 0. The smallest absolute Gasteiger partial charge is 0.227 e. The first-order chi connectivity index (χ1) is 17.6. The predicted molar refractivity (Wildman–Crippen MR) is 140 cm³/mol. The number of nitrogens with one attached hydrogen (secondary N) is 2. The fourth-order valence-corrected chi connectivity index (χ4v) is 5.26. The van der Waals surface area contributed by atoms with Gasteiger partial charge in [0, 0.05) is 41.4 Å². The van der Waals surface area contributed by atoms with Gasteiger partial charge in [-0.1, -0.05) is 18.1 Å². The standard InChI is InChI=1S/C28H25N7O/c1-2-17-5-3-6-20-15-22(33-23(17)20)24-25-26(29)31-13-14-35(25)27(34-24)18-8-10-19(11-9-18)28(36)32-21-7-4-12-30-16-21/h1,3-7,12-16,18-19,33H,8-11H2,(H2,29,31)(H,32,36)/t18-,19-. The van der Waals surface area contributed by atoms with Crippen molar-refractivity contribution in [3.05, 3.63) is 72.6 Å². The van der Waals surface area contributed by atoms with Crippen LogP contribution in [0.4, 0.5) is 11.5 Å². The SMILES string of the molecule is C#Cc1cccc2cc(-c3nc([C@H]4CC[C@H](C(=O)Nc5cccnc5)CC4)n4ccnc(N)c34)[nH]c12. The quantitative estimate of drug-likeness (QED) is 0.325. The van der Waals surface area contributed by atoms with E-state index in [1.165, 1.54) is 0 Å². The maximum Gasteiger partial charge on any atom is 0.227 e. The van der Waals surface area contributed by atoms with Crippen LogP contribution < -0.4 is 11.1 Å². The first-order valence-corrected chi connectivity index (χ1v) is 12.0. The third-order valence-electron chi connectivity index (χ3n) is 7.07. The van der Waals surface area contributed by atoms with Crippen molar-refractivity contribution in [3.63, 3.8) is 0 Å². The Bertz CT molecular complexity index is 1620. The number of imidazole rings is 1. The van der Waals surface area contributed by atoms with Gasteiger partial charge < -0.3 is 16.0 Å². The highest BCUT2D eigenvalue weighted by Gasteiger charge is 2.31. The minimum Gasteiger partial charge on any atom is -0.382 e. The number of nitrogen functional groups attached to an aromatic ring is 1. The summed E-state index contributed by atoms with van der Waals surface area (Å²) in [5.41, 5.74) is 11.2. The van der Waals surface area contributed by atoms with Crippen molar-refractivity contribution in [2.75, 3.05) is 11.1 Å². The molecule has 1 aromatic carbocycles. The molecule has 4 heterocycles. The molecule has 1 fully saturated rings. The van der Waals surface area contributed by atoms with E-state index in [-0.39, 0.29) is 17.7 Å². The molecule has 178 valence electrons. The second kappa shape index (κ2) is 8.86. The lowest BCUT2D eigenvalue weighted by Crippen LogP contribution is -2.27. The summed E-state index contributed by atoms with van der Waals surface area (Å²) in [6.07, 6.45) is 16.0. The number of anilines is 2. The van der Waals surface area contributed by atoms with E-state index in [4.69, 9.17) is 17.1 Å². The van der Waals surface area contributed by atoms with Crippen molar-refractivity contribution in [2.24, 2.45) is 5.92 Å². The number of amides is 1. The number of pyridine rings is 1. The van der Waals surface area contributed by atoms with Crippen molar-refractivity contribution in [1.82, 2.24) is 24.3 Å². The van der Waals surface area contributed by atoms with Crippen molar-refractivity contribution in [1.29, 1.82) is 0 Å². The number of aromatic nitrogens is 5. The van der Waals surface area contributed by atoms with Crippen molar-refractivity contribution < 1.29 is 4.79 Å². The lowest BCUT2D eigenvalue weighted by molar-refractivity contribution is -0.120. The number of hydrogen-bond acceptors (Lipinski definition) is 5. The molecule has 0 bridgehead atoms. The molecule has 6 rings (SSSR count). The number of nitrogens with zero attached hydrogens (tertiary/aromatic N) is 4. The van der Waals surface area contributed by atoms with Crippen LogP contribution in [0.3, 0.4) is 0 Å². The van der Waals surface area contributed by atoms with E-state index in [9.17, 15) is 4.79 Å². The Labute approximate surface area is 208 Å². The van der Waals surface area contributed by atoms with Gasteiger partial charge in [-0.2, -0.15) is 0 Å². The van der Waals surface area contributed by atoms with E-state index in [0.717, 1.165) is 70.6 Å². The predicted octanol–water partition coefficient (Wildman–Crippen LogP) is 4.75. The van der Waals surface area contributed by atoms with Gasteiger partial charge in [-0.3, -0.25) is 14.2 Å². The highest BCUT2D eigenvalue weighted by Crippen LogP contribution is 2.39. The number of carbonyl (C=O) groups excluding carboxylic acids is 1. The highest BCUT2D eigenvalue weighted by molar-refractivity contribution is 5.94. The summed E-state index contributed by atoms with van der Waals surface area (Å²) in [6, 6.07) is 11.6. The van der Waals surface area contributed by atoms with Crippen molar-refractivity contribution in [3.8, 4) is 23.7 Å². The Kier molecular flexibility index (Phi) is 5.38. The fraction of sp³-hybridized carbons (Fsp3) is 0.214. The normalized spacial score (nSPS) is 17.8. The zero-order valence-corrected chi connectivity index (χ0v) is 19.6. The summed E-state index contributed by atoms with van der Waals surface area (Å²) >= 11 is 0. The number of rotatable bonds is 4. The fourth-order valence-electron chi connectivity index (χ4n) is 5.26. The second-order valence-corrected chi connectivity index (χ2v) is 9.23. The summed E-state index contributed by atoms with van der Waals surface area (Å²) in [4.78, 5) is 29.7. The van der Waals surface area contributed by atoms with Gasteiger partial charge in [-0.15, -0.1) is 6.42 Å². The molecule has 1 saturated carbocycles. The van der Waals surface area contributed by atoms with Crippen LogP contribution in [-0.4, -0.2) is 30.2 Å². The van der Waals surface area contributed by atoms with Crippen molar-refractivity contribution >= 4 is 33.8 Å². The molecule has 1 aliphatic rings. The summed E-state index contributed by atoms with van der Waals surface area (Å²) in [5.74, 6) is 4.33. The molecule has 5 aromatic rings. The number of terminal acetylenes is 1. The Morgan fingerprint density at radius 2 is 2.03 bits per heavy atom. The molecule has 4 N–H and O–H groups in total. The number of nitrogens with two attached hydrogens (primary N) is 1. The van der Waals surface area contributed by atoms with E-state index in [0.29, 0.717) is 5.82 Å². The molecule has 0 saturated heterocycles. The van der Waals surface area contributed by atoms with Crippen LogP contribution in [0.15, 0.2) is 61.2 Å². The van der Waals surface area contributed by atoms with E-state index in [1.54, 1.807) is 18.6 Å². The number of aromatic amines is 1. The van der Waals surface area contributed by atoms with Crippen LogP contribution in [0.5, 0.6) is 0 Å². The Morgan fingerprint density at radius 3 is 2.81 bits per heavy atom. The maximum atomic E-state index is 12.8. The van der Waals surface area contributed by atoms with Gasteiger partial charge in [-0.05, 0) is 49.9 Å². The zero-order valence-electron chi connectivity index (χ0n) is 19.6. The first kappa shape index (κ1) is 21.9. The van der Waals surface area contributed by atoms with E-state index < -0.39 is 0 Å². The topological polar surface area (TPSA) is 114 Å². The summed E-state index contributed by atoms with van der Waals surface area (Å²) < 4.78 is 2.05. The Balaban J connectivity index is 1.30. The number of H-pyrrole nitrogens is 1. The van der Waals surface area contributed by atoms with Crippen LogP contribution in [0.1, 0.15) is 43.0 Å². The van der Waals surface area contributed by atoms with Crippen LogP contribution in [0.2, 0.25) is 0 Å². The monoisotopic (exact) mass is 475 g/mol. The lowest BCUT2D eigenvalue weighted by Gasteiger charge is -2.27. The molecule has 1 amide bonds. The van der Waals surface area contributed by atoms with E-state index >= 15 is 0 Å². The molecule has 8 nitrogen and oxygen atoms in total. The molecule has 4 aromatic heterocycles. The Morgan fingerprint density at radius 1 is 1.17 bits per heavy atom. The van der Waals surface area contributed by atoms with Gasteiger partial charge in [0.1, 0.15) is 22.9 Å². The number of carbonyl (C=O) groups is 1. The third-order valence-corrected chi connectivity index (χ3v) is 7.07.